The number of anilines is 2. The van der Waals surface area contributed by atoms with Gasteiger partial charge < -0.3 is 20.1 Å². The highest BCUT2D eigenvalue weighted by atomic mass is 16.5. The Hall–Kier alpha value is -2.69. The van der Waals surface area contributed by atoms with Gasteiger partial charge in [0.2, 0.25) is 0 Å². The van der Waals surface area contributed by atoms with E-state index >= 15 is 0 Å². The van der Waals surface area contributed by atoms with Crippen molar-refractivity contribution in [1.29, 1.82) is 0 Å². The summed E-state index contributed by atoms with van der Waals surface area (Å²) >= 11 is 0. The minimum absolute atomic E-state index is 0.164. The number of para-hydroxylation sites is 1. The molecule has 1 aliphatic rings. The third kappa shape index (κ3) is 3.14. The second kappa shape index (κ2) is 6.39. The number of nitrogens with two attached hydrogens (primary N) is 1. The summed E-state index contributed by atoms with van der Waals surface area (Å²) in [5.41, 5.74) is 8.34. The Morgan fingerprint density at radius 1 is 1.18 bits per heavy atom. The van der Waals surface area contributed by atoms with Crippen molar-refractivity contribution in [2.75, 3.05) is 30.3 Å². The van der Waals surface area contributed by atoms with Gasteiger partial charge in [-0.05, 0) is 17.7 Å². The maximum Gasteiger partial charge on any atom is 0.325 e. The van der Waals surface area contributed by atoms with Crippen LogP contribution in [0.1, 0.15) is 5.56 Å². The van der Waals surface area contributed by atoms with Crippen LogP contribution in [0.2, 0.25) is 0 Å². The van der Waals surface area contributed by atoms with E-state index in [0.29, 0.717) is 24.6 Å². The Morgan fingerprint density at radius 2 is 2.00 bits per heavy atom. The Morgan fingerprint density at radius 3 is 2.82 bits per heavy atom. The fraction of sp³-hybridized carbons (Fsp3) is 0.235. The second-order valence-corrected chi connectivity index (χ2v) is 5.11. The lowest BCUT2D eigenvalue weighted by molar-refractivity contribution is -0.143. The van der Waals surface area contributed by atoms with Gasteiger partial charge in [-0.15, -0.1) is 0 Å². The van der Waals surface area contributed by atoms with E-state index in [1.807, 2.05) is 47.4 Å². The van der Waals surface area contributed by atoms with Crippen LogP contribution in [-0.2, 0) is 16.1 Å². The van der Waals surface area contributed by atoms with E-state index in [2.05, 4.69) is 0 Å². The third-order valence-electron chi connectivity index (χ3n) is 3.53. The van der Waals surface area contributed by atoms with E-state index in [9.17, 15) is 4.79 Å². The van der Waals surface area contributed by atoms with Crippen molar-refractivity contribution in [1.82, 2.24) is 0 Å². The Bertz CT molecular complexity index is 658. The largest absolute Gasteiger partial charge is 0.489 e. The summed E-state index contributed by atoms with van der Waals surface area (Å²) in [6.07, 6.45) is 0. The highest BCUT2D eigenvalue weighted by Gasteiger charge is 2.22. The maximum absolute atomic E-state index is 12.1. The average Bonchev–Trinajstić information content (AvgIpc) is 2.54. The first-order valence-electron chi connectivity index (χ1n) is 7.20. The number of nitrogens with zero attached hydrogens (tertiary/aromatic N) is 1. The van der Waals surface area contributed by atoms with Crippen molar-refractivity contribution in [2.45, 2.75) is 6.61 Å². The molecule has 0 bridgehead atoms. The molecular formula is C17H18N2O3. The summed E-state index contributed by atoms with van der Waals surface area (Å²) in [4.78, 5) is 14.0. The van der Waals surface area contributed by atoms with Crippen LogP contribution in [0.4, 0.5) is 11.4 Å². The minimum Gasteiger partial charge on any atom is -0.489 e. The normalized spacial score (nSPS) is 13.2. The first kappa shape index (κ1) is 14.3. The first-order chi connectivity index (χ1) is 10.7. The molecule has 0 spiro atoms. The van der Waals surface area contributed by atoms with Gasteiger partial charge in [-0.25, -0.2) is 0 Å². The molecule has 22 heavy (non-hydrogen) atoms. The zero-order chi connectivity index (χ0) is 15.4. The van der Waals surface area contributed by atoms with Crippen molar-refractivity contribution >= 4 is 17.3 Å². The van der Waals surface area contributed by atoms with Crippen LogP contribution in [0.25, 0.3) is 0 Å². The summed E-state index contributed by atoms with van der Waals surface area (Å²) in [6, 6.07) is 15.1. The molecule has 0 aromatic heterocycles. The van der Waals surface area contributed by atoms with Crippen LogP contribution in [0.15, 0.2) is 48.5 Å². The molecule has 0 fully saturated rings. The van der Waals surface area contributed by atoms with E-state index in [0.717, 1.165) is 11.3 Å². The van der Waals surface area contributed by atoms with Gasteiger partial charge in [0.25, 0.3) is 0 Å². The highest BCUT2D eigenvalue weighted by Crippen LogP contribution is 2.36. The SMILES string of the molecule is Nc1cccc2c1N(CC(=O)OCc1ccccc1)CCO2. The molecule has 2 aromatic rings. The molecule has 5 nitrogen and oxygen atoms in total. The number of nitrogen functional groups attached to an aromatic ring is 1. The predicted molar refractivity (Wildman–Crippen MR) is 84.8 cm³/mol. The standard InChI is InChI=1S/C17H18N2O3/c18-14-7-4-8-15-17(14)19(9-10-21-15)11-16(20)22-12-13-5-2-1-3-6-13/h1-8H,9-12,18H2. The first-order valence-corrected chi connectivity index (χ1v) is 7.20. The van der Waals surface area contributed by atoms with Gasteiger partial charge in [-0.2, -0.15) is 0 Å². The molecule has 0 radical (unpaired) electrons. The Kier molecular flexibility index (Phi) is 4.14. The van der Waals surface area contributed by atoms with Crippen molar-refractivity contribution in [2.24, 2.45) is 0 Å². The second-order valence-electron chi connectivity index (χ2n) is 5.11. The smallest absolute Gasteiger partial charge is 0.325 e. The number of rotatable bonds is 4. The van der Waals surface area contributed by atoms with Crippen molar-refractivity contribution in [3.05, 3.63) is 54.1 Å². The third-order valence-corrected chi connectivity index (χ3v) is 3.53. The summed E-state index contributed by atoms with van der Waals surface area (Å²) in [6.45, 7) is 1.59. The van der Waals surface area contributed by atoms with Crippen LogP contribution in [0.3, 0.4) is 0 Å². The summed E-state index contributed by atoms with van der Waals surface area (Å²) in [5.74, 6) is 0.432. The van der Waals surface area contributed by atoms with E-state index in [1.165, 1.54) is 0 Å². The van der Waals surface area contributed by atoms with Crippen LogP contribution in [0.5, 0.6) is 5.75 Å². The Balaban J connectivity index is 1.63. The number of hydrogen-bond donors (Lipinski definition) is 1. The number of fused-ring (bicyclic) bond motifs is 1. The van der Waals surface area contributed by atoms with E-state index in [1.54, 1.807) is 6.07 Å². The molecule has 1 heterocycles. The molecule has 1 aliphatic heterocycles. The van der Waals surface area contributed by atoms with E-state index in [-0.39, 0.29) is 19.1 Å². The number of esters is 1. The fourth-order valence-electron chi connectivity index (χ4n) is 2.47. The average molecular weight is 298 g/mol. The molecule has 0 amide bonds. The molecule has 3 rings (SSSR count). The summed E-state index contributed by atoms with van der Waals surface area (Å²) < 4.78 is 10.9. The number of benzene rings is 2. The van der Waals surface area contributed by atoms with Crippen LogP contribution >= 0.6 is 0 Å². The summed E-state index contributed by atoms with van der Waals surface area (Å²) in [7, 11) is 0. The molecule has 0 saturated carbocycles. The molecule has 114 valence electrons. The minimum atomic E-state index is -0.278. The van der Waals surface area contributed by atoms with Crippen molar-refractivity contribution in [3.63, 3.8) is 0 Å². The van der Waals surface area contributed by atoms with Gasteiger partial charge >= 0.3 is 5.97 Å². The fourth-order valence-corrected chi connectivity index (χ4v) is 2.47. The van der Waals surface area contributed by atoms with E-state index < -0.39 is 0 Å². The van der Waals surface area contributed by atoms with Gasteiger partial charge in [-0.3, -0.25) is 4.79 Å². The molecule has 2 N–H and O–H groups in total. The zero-order valence-electron chi connectivity index (χ0n) is 12.2. The van der Waals surface area contributed by atoms with E-state index in [4.69, 9.17) is 15.2 Å². The lowest BCUT2D eigenvalue weighted by atomic mass is 10.2. The van der Waals surface area contributed by atoms with Crippen LogP contribution in [-0.4, -0.2) is 25.7 Å². The van der Waals surface area contributed by atoms with Crippen LogP contribution in [0, 0.1) is 0 Å². The molecule has 0 saturated heterocycles. The lowest BCUT2D eigenvalue weighted by Crippen LogP contribution is -2.37. The summed E-state index contributed by atoms with van der Waals surface area (Å²) in [5, 5.41) is 0. The van der Waals surface area contributed by atoms with Crippen LogP contribution < -0.4 is 15.4 Å². The highest BCUT2D eigenvalue weighted by molar-refractivity contribution is 5.82. The number of carbonyl (C=O) groups is 1. The quantitative estimate of drug-likeness (QED) is 0.692. The van der Waals surface area contributed by atoms with Gasteiger partial charge in [0, 0.05) is 0 Å². The molecule has 5 heteroatoms. The number of ether oxygens (including phenoxy) is 2. The molecule has 2 aromatic carbocycles. The van der Waals surface area contributed by atoms with Gasteiger partial charge in [-0.1, -0.05) is 36.4 Å². The van der Waals surface area contributed by atoms with Crippen molar-refractivity contribution < 1.29 is 14.3 Å². The predicted octanol–water partition coefficient (Wildman–Crippen LogP) is 2.21. The molecule has 0 atom stereocenters. The topological polar surface area (TPSA) is 64.8 Å². The maximum atomic E-state index is 12.1. The van der Waals surface area contributed by atoms with Gasteiger partial charge in [0.1, 0.15) is 31.2 Å². The monoisotopic (exact) mass is 298 g/mol. The Labute approximate surface area is 129 Å². The molecular weight excluding hydrogens is 280 g/mol. The molecule has 0 unspecified atom stereocenters. The number of carbonyl (C=O) groups excluding carboxylic acids is 1. The number of hydrogen-bond acceptors (Lipinski definition) is 5. The van der Waals surface area contributed by atoms with Crippen molar-refractivity contribution in [3.8, 4) is 5.75 Å². The zero-order valence-corrected chi connectivity index (χ0v) is 12.2. The lowest BCUT2D eigenvalue weighted by Gasteiger charge is -2.31. The molecule has 0 aliphatic carbocycles. The van der Waals surface area contributed by atoms with Gasteiger partial charge in [0.05, 0.1) is 12.2 Å². The van der Waals surface area contributed by atoms with Gasteiger partial charge in [0.15, 0.2) is 0 Å².